The van der Waals surface area contributed by atoms with Crippen LogP contribution in [0.4, 0.5) is 0 Å². The molecule has 0 aliphatic rings. The number of hydrogen-bond donors (Lipinski definition) is 2. The number of nitrogens with two attached hydrogens (primary N) is 1. The molecular weight excluding hydrogens is 391 g/mol. The number of nitrogens with one attached hydrogen (secondary N) is 1. The SMILES string of the molecule is CCC(C)NC(N)=NCc1ncccc1S(C)(=O)=O.I. The summed E-state index contributed by atoms with van der Waals surface area (Å²) in [7, 11) is -3.30. The molecule has 0 bridgehead atoms. The van der Waals surface area contributed by atoms with E-state index in [1.165, 1.54) is 12.3 Å². The molecule has 20 heavy (non-hydrogen) atoms. The molecule has 114 valence electrons. The molecule has 0 spiro atoms. The van der Waals surface area contributed by atoms with E-state index in [1.54, 1.807) is 6.07 Å². The summed E-state index contributed by atoms with van der Waals surface area (Å²) < 4.78 is 23.2. The normalized spacial score (nSPS) is 13.4. The third kappa shape index (κ3) is 6.04. The zero-order valence-electron chi connectivity index (χ0n) is 11.8. The van der Waals surface area contributed by atoms with Crippen LogP contribution in [0.1, 0.15) is 26.0 Å². The summed E-state index contributed by atoms with van der Waals surface area (Å²) in [6.07, 6.45) is 3.62. The average Bonchev–Trinajstić information content (AvgIpc) is 2.35. The van der Waals surface area contributed by atoms with E-state index in [0.717, 1.165) is 12.7 Å². The standard InChI is InChI=1S/C12H20N4O2S.HI/c1-4-9(2)16-12(13)15-8-10-11(19(3,17)18)6-5-7-14-10;/h5-7,9H,4,8H2,1-3H3,(H3,13,15,16);1H. The molecule has 1 rings (SSSR count). The van der Waals surface area contributed by atoms with E-state index in [0.29, 0.717) is 11.7 Å². The molecule has 0 saturated carbocycles. The van der Waals surface area contributed by atoms with Gasteiger partial charge in [-0.1, -0.05) is 6.92 Å². The highest BCUT2D eigenvalue weighted by atomic mass is 127. The van der Waals surface area contributed by atoms with E-state index in [2.05, 4.69) is 15.3 Å². The first-order valence-corrected chi connectivity index (χ1v) is 7.94. The molecule has 8 heteroatoms. The van der Waals surface area contributed by atoms with Gasteiger partial charge in [-0.15, -0.1) is 24.0 Å². The Labute approximate surface area is 137 Å². The number of guanidine groups is 1. The summed E-state index contributed by atoms with van der Waals surface area (Å²) in [5, 5.41) is 3.01. The minimum Gasteiger partial charge on any atom is -0.370 e. The first kappa shape index (κ1) is 19.1. The highest BCUT2D eigenvalue weighted by Gasteiger charge is 2.13. The van der Waals surface area contributed by atoms with Gasteiger partial charge in [-0.05, 0) is 25.5 Å². The van der Waals surface area contributed by atoms with Gasteiger partial charge in [-0.3, -0.25) is 4.98 Å². The number of nitrogens with zero attached hydrogens (tertiary/aromatic N) is 2. The van der Waals surface area contributed by atoms with Crippen LogP contribution in [0.15, 0.2) is 28.2 Å². The second kappa shape index (κ2) is 8.40. The fourth-order valence-electron chi connectivity index (χ4n) is 1.44. The van der Waals surface area contributed by atoms with Gasteiger partial charge in [0, 0.05) is 18.5 Å². The van der Waals surface area contributed by atoms with Gasteiger partial charge in [0.15, 0.2) is 15.8 Å². The van der Waals surface area contributed by atoms with Gasteiger partial charge in [0.2, 0.25) is 0 Å². The highest BCUT2D eigenvalue weighted by Crippen LogP contribution is 2.13. The summed E-state index contributed by atoms with van der Waals surface area (Å²) in [5.74, 6) is 0.291. The molecule has 3 N–H and O–H groups in total. The summed E-state index contributed by atoms with van der Waals surface area (Å²) in [4.78, 5) is 8.35. The molecule has 0 amide bonds. The molecule has 1 unspecified atom stereocenters. The van der Waals surface area contributed by atoms with Crippen LogP contribution < -0.4 is 11.1 Å². The highest BCUT2D eigenvalue weighted by molar-refractivity contribution is 14.0. The average molecular weight is 412 g/mol. The second-order valence-corrected chi connectivity index (χ2v) is 6.36. The van der Waals surface area contributed by atoms with Crippen LogP contribution in [0.3, 0.4) is 0 Å². The van der Waals surface area contributed by atoms with E-state index in [1.807, 2.05) is 13.8 Å². The van der Waals surface area contributed by atoms with Crippen LogP contribution in [0.5, 0.6) is 0 Å². The van der Waals surface area contributed by atoms with Crippen LogP contribution in [0.25, 0.3) is 0 Å². The Morgan fingerprint density at radius 1 is 1.55 bits per heavy atom. The van der Waals surface area contributed by atoms with Crippen molar-refractivity contribution >= 4 is 39.8 Å². The van der Waals surface area contributed by atoms with Crippen LogP contribution in [-0.4, -0.2) is 31.7 Å². The number of aromatic nitrogens is 1. The Bertz CT molecular complexity index is 560. The van der Waals surface area contributed by atoms with E-state index in [-0.39, 0.29) is 41.5 Å². The number of pyridine rings is 1. The lowest BCUT2D eigenvalue weighted by atomic mass is 10.3. The maximum atomic E-state index is 11.6. The van der Waals surface area contributed by atoms with Gasteiger partial charge in [0.1, 0.15) is 0 Å². The minimum atomic E-state index is -3.30. The molecule has 0 aliphatic carbocycles. The third-order valence-electron chi connectivity index (χ3n) is 2.65. The molecule has 6 nitrogen and oxygen atoms in total. The Morgan fingerprint density at radius 2 is 2.20 bits per heavy atom. The van der Waals surface area contributed by atoms with Gasteiger partial charge in [-0.2, -0.15) is 0 Å². The van der Waals surface area contributed by atoms with Crippen molar-refractivity contribution in [3.05, 3.63) is 24.0 Å². The number of halogens is 1. The fraction of sp³-hybridized carbons (Fsp3) is 0.500. The lowest BCUT2D eigenvalue weighted by Crippen LogP contribution is -2.38. The maximum absolute atomic E-state index is 11.6. The van der Waals surface area contributed by atoms with Crippen molar-refractivity contribution in [3.63, 3.8) is 0 Å². The van der Waals surface area contributed by atoms with Gasteiger partial charge >= 0.3 is 0 Å². The number of rotatable bonds is 5. The third-order valence-corrected chi connectivity index (χ3v) is 3.82. The number of sulfone groups is 1. The van der Waals surface area contributed by atoms with Crippen molar-refractivity contribution in [2.75, 3.05) is 6.26 Å². The Morgan fingerprint density at radius 3 is 2.75 bits per heavy atom. The Balaban J connectivity index is 0.00000361. The molecule has 1 aromatic heterocycles. The van der Waals surface area contributed by atoms with Gasteiger partial charge < -0.3 is 11.1 Å². The minimum absolute atomic E-state index is 0. The first-order valence-electron chi connectivity index (χ1n) is 6.05. The predicted molar refractivity (Wildman–Crippen MR) is 91.0 cm³/mol. The quantitative estimate of drug-likeness (QED) is 0.432. The zero-order chi connectivity index (χ0) is 14.5. The van der Waals surface area contributed by atoms with Crippen molar-refractivity contribution in [1.82, 2.24) is 10.3 Å². The fourth-order valence-corrected chi connectivity index (χ4v) is 2.31. The van der Waals surface area contributed by atoms with Crippen LogP contribution >= 0.6 is 24.0 Å². The second-order valence-electron chi connectivity index (χ2n) is 4.38. The van der Waals surface area contributed by atoms with Crippen molar-refractivity contribution in [2.24, 2.45) is 10.7 Å². The van der Waals surface area contributed by atoms with Crippen molar-refractivity contribution in [3.8, 4) is 0 Å². The Hall–Kier alpha value is -0.900. The zero-order valence-corrected chi connectivity index (χ0v) is 15.0. The van der Waals surface area contributed by atoms with Gasteiger partial charge in [0.05, 0.1) is 17.1 Å². The van der Waals surface area contributed by atoms with E-state index < -0.39 is 9.84 Å². The molecule has 1 atom stereocenters. The predicted octanol–water partition coefficient (Wildman–Crippen LogP) is 1.31. The van der Waals surface area contributed by atoms with Crippen LogP contribution in [0, 0.1) is 0 Å². The molecule has 0 fully saturated rings. The van der Waals surface area contributed by atoms with Crippen molar-refractivity contribution < 1.29 is 8.42 Å². The Kier molecular flexibility index (Phi) is 8.02. The van der Waals surface area contributed by atoms with Crippen LogP contribution in [0.2, 0.25) is 0 Å². The lowest BCUT2D eigenvalue weighted by molar-refractivity contribution is 0.599. The van der Waals surface area contributed by atoms with E-state index >= 15 is 0 Å². The largest absolute Gasteiger partial charge is 0.370 e. The number of hydrogen-bond acceptors (Lipinski definition) is 4. The molecule has 1 aromatic rings. The van der Waals surface area contributed by atoms with E-state index in [9.17, 15) is 8.42 Å². The topological polar surface area (TPSA) is 97.4 Å². The maximum Gasteiger partial charge on any atom is 0.189 e. The van der Waals surface area contributed by atoms with Crippen molar-refractivity contribution in [1.29, 1.82) is 0 Å². The molecule has 1 heterocycles. The molecule has 0 aromatic carbocycles. The summed E-state index contributed by atoms with van der Waals surface area (Å²) in [6.45, 7) is 4.16. The van der Waals surface area contributed by atoms with Crippen LogP contribution in [-0.2, 0) is 16.4 Å². The molecule has 0 saturated heterocycles. The first-order chi connectivity index (χ1) is 8.84. The van der Waals surface area contributed by atoms with Crippen molar-refractivity contribution in [2.45, 2.75) is 37.8 Å². The molecule has 0 radical (unpaired) electrons. The molecular formula is C12H21IN4O2S. The number of aliphatic imine (C=N–C) groups is 1. The summed E-state index contributed by atoms with van der Waals surface area (Å²) in [5.41, 5.74) is 6.12. The lowest BCUT2D eigenvalue weighted by Gasteiger charge is -2.11. The van der Waals surface area contributed by atoms with E-state index in [4.69, 9.17) is 5.73 Å². The van der Waals surface area contributed by atoms with Gasteiger partial charge in [0.25, 0.3) is 0 Å². The summed E-state index contributed by atoms with van der Waals surface area (Å²) >= 11 is 0. The monoisotopic (exact) mass is 412 g/mol. The smallest absolute Gasteiger partial charge is 0.189 e. The molecule has 0 aliphatic heterocycles. The summed E-state index contributed by atoms with van der Waals surface area (Å²) in [6, 6.07) is 3.33. The van der Waals surface area contributed by atoms with Gasteiger partial charge in [-0.25, -0.2) is 13.4 Å².